The van der Waals surface area contributed by atoms with E-state index in [1.807, 2.05) is 0 Å². The third-order valence-electron chi connectivity index (χ3n) is 5.21. The average molecular weight is 420 g/mol. The van der Waals surface area contributed by atoms with Gasteiger partial charge in [0.1, 0.15) is 0 Å². The summed E-state index contributed by atoms with van der Waals surface area (Å²) in [5.74, 6) is 1.86. The molecule has 0 spiro atoms. The maximum Gasteiger partial charge on any atom is 0.191 e. The van der Waals surface area contributed by atoms with Gasteiger partial charge in [-0.15, -0.1) is 21.5 Å². The lowest BCUT2D eigenvalue weighted by molar-refractivity contribution is 0.687. The molecule has 0 unspecified atom stereocenters. The van der Waals surface area contributed by atoms with Crippen molar-refractivity contribution >= 4 is 23.1 Å². The first-order valence-corrected chi connectivity index (χ1v) is 11.7. The van der Waals surface area contributed by atoms with Crippen LogP contribution in [0.4, 0.5) is 0 Å². The number of aryl methyl sites for hydroxylation is 3. The van der Waals surface area contributed by atoms with Gasteiger partial charge in [-0.25, -0.2) is 0 Å². The molecule has 4 rings (SSSR count). The third-order valence-corrected chi connectivity index (χ3v) is 7.13. The molecule has 148 valence electrons. The maximum atomic E-state index is 4.61. The topological polar surface area (TPSA) is 30.7 Å². The highest BCUT2D eigenvalue weighted by Crippen LogP contribution is 2.39. The number of nitrogens with zero attached hydrogens (tertiary/aromatic N) is 3. The van der Waals surface area contributed by atoms with E-state index in [-0.39, 0.29) is 0 Å². The molecule has 0 atom stereocenters. The highest BCUT2D eigenvalue weighted by molar-refractivity contribution is 7.98. The Morgan fingerprint density at radius 3 is 2.45 bits per heavy atom. The Balaban J connectivity index is 1.69. The van der Waals surface area contributed by atoms with Crippen molar-refractivity contribution in [2.45, 2.75) is 45.1 Å². The molecule has 5 heteroatoms. The van der Waals surface area contributed by atoms with E-state index in [2.05, 4.69) is 96.4 Å². The zero-order chi connectivity index (χ0) is 20.4. The van der Waals surface area contributed by atoms with Crippen LogP contribution in [-0.2, 0) is 12.3 Å². The molecule has 3 nitrogen and oxygen atoms in total. The third kappa shape index (κ3) is 4.02. The Hall–Kier alpha value is -2.37. The van der Waals surface area contributed by atoms with Crippen molar-refractivity contribution in [2.24, 2.45) is 0 Å². The minimum Gasteiger partial charge on any atom is -0.302 e. The van der Waals surface area contributed by atoms with Crippen LogP contribution in [0.1, 0.15) is 28.5 Å². The van der Waals surface area contributed by atoms with Gasteiger partial charge in [-0.3, -0.25) is 0 Å². The molecule has 0 aliphatic rings. The summed E-state index contributed by atoms with van der Waals surface area (Å²) < 4.78 is 2.24. The summed E-state index contributed by atoms with van der Waals surface area (Å²) in [6.07, 6.45) is 0. The maximum absolute atomic E-state index is 4.61. The van der Waals surface area contributed by atoms with Crippen molar-refractivity contribution < 1.29 is 0 Å². The molecule has 0 N–H and O–H groups in total. The molecular weight excluding hydrogens is 394 g/mol. The van der Waals surface area contributed by atoms with Crippen molar-refractivity contribution in [1.82, 2.24) is 14.8 Å². The number of hydrogen-bond donors (Lipinski definition) is 0. The Labute approximate surface area is 180 Å². The molecule has 0 saturated carbocycles. The van der Waals surface area contributed by atoms with E-state index in [4.69, 9.17) is 0 Å². The minimum atomic E-state index is 0.848. The van der Waals surface area contributed by atoms with Crippen LogP contribution >= 0.6 is 23.1 Å². The Bertz CT molecular complexity index is 1120. The molecule has 0 aliphatic carbocycles. The molecule has 0 aliphatic heterocycles. The van der Waals surface area contributed by atoms with Crippen LogP contribution in [0.3, 0.4) is 0 Å². The van der Waals surface area contributed by atoms with E-state index in [9.17, 15) is 0 Å². The Kier molecular flexibility index (Phi) is 5.88. The molecular formula is C24H25N3S2. The lowest BCUT2D eigenvalue weighted by Crippen LogP contribution is -2.00. The summed E-state index contributed by atoms with van der Waals surface area (Å²) in [4.78, 5) is 1.31. The van der Waals surface area contributed by atoms with Gasteiger partial charge in [0.05, 0.1) is 0 Å². The van der Waals surface area contributed by atoms with E-state index < -0.39 is 0 Å². The van der Waals surface area contributed by atoms with E-state index >= 15 is 0 Å². The average Bonchev–Trinajstić information content (AvgIpc) is 3.31. The summed E-state index contributed by atoms with van der Waals surface area (Å²) >= 11 is 3.54. The fraction of sp³-hybridized carbons (Fsp3) is 0.250. The Morgan fingerprint density at radius 2 is 1.72 bits per heavy atom. The van der Waals surface area contributed by atoms with Gasteiger partial charge < -0.3 is 4.57 Å². The summed E-state index contributed by atoms with van der Waals surface area (Å²) in [5.41, 5.74) is 7.62. The van der Waals surface area contributed by atoms with Crippen LogP contribution in [0.15, 0.2) is 59.1 Å². The van der Waals surface area contributed by atoms with Crippen molar-refractivity contribution in [2.75, 3.05) is 0 Å². The number of thioether (sulfide) groups is 1. The van der Waals surface area contributed by atoms with Gasteiger partial charge in [0.2, 0.25) is 0 Å². The second-order valence-corrected chi connectivity index (χ2v) is 9.24. The van der Waals surface area contributed by atoms with E-state index in [0.717, 1.165) is 23.3 Å². The van der Waals surface area contributed by atoms with Gasteiger partial charge in [0, 0.05) is 33.7 Å². The largest absolute Gasteiger partial charge is 0.302 e. The summed E-state index contributed by atoms with van der Waals surface area (Å²) in [6.45, 7) is 9.48. The molecule has 0 amide bonds. The first-order chi connectivity index (χ1) is 14.1. The van der Waals surface area contributed by atoms with Crippen molar-refractivity contribution in [3.05, 3.63) is 75.5 Å². The molecule has 2 aromatic carbocycles. The predicted molar refractivity (Wildman–Crippen MR) is 125 cm³/mol. The Morgan fingerprint density at radius 1 is 0.966 bits per heavy atom. The number of benzene rings is 2. The molecule has 29 heavy (non-hydrogen) atoms. The highest BCUT2D eigenvalue weighted by atomic mass is 32.2. The molecule has 4 aromatic rings. The van der Waals surface area contributed by atoms with Gasteiger partial charge in [-0.2, -0.15) is 0 Å². The van der Waals surface area contributed by atoms with Crippen LogP contribution in [0, 0.1) is 20.8 Å². The summed E-state index contributed by atoms with van der Waals surface area (Å²) in [5, 5.41) is 12.3. The SMILES string of the molecule is CCn1c(SCc2ccccc2C)nnc1-c1csc(C)c1-c1ccc(C)cc1. The fourth-order valence-corrected chi connectivity index (χ4v) is 5.43. The lowest BCUT2D eigenvalue weighted by Gasteiger charge is -2.10. The van der Waals surface area contributed by atoms with Gasteiger partial charge in [-0.1, -0.05) is 65.9 Å². The molecule has 0 fully saturated rings. The molecule has 2 heterocycles. The second kappa shape index (κ2) is 8.56. The van der Waals surface area contributed by atoms with Gasteiger partial charge in [0.25, 0.3) is 0 Å². The van der Waals surface area contributed by atoms with Crippen LogP contribution in [0.2, 0.25) is 0 Å². The van der Waals surface area contributed by atoms with E-state index in [0.29, 0.717) is 0 Å². The van der Waals surface area contributed by atoms with E-state index in [1.54, 1.807) is 23.1 Å². The molecule has 0 bridgehead atoms. The zero-order valence-electron chi connectivity index (χ0n) is 17.3. The number of rotatable bonds is 6. The molecule has 0 saturated heterocycles. The first kappa shape index (κ1) is 19.9. The summed E-state index contributed by atoms with van der Waals surface area (Å²) in [7, 11) is 0. The summed E-state index contributed by atoms with van der Waals surface area (Å²) in [6, 6.07) is 17.3. The smallest absolute Gasteiger partial charge is 0.191 e. The predicted octanol–water partition coefficient (Wildman–Crippen LogP) is 6.91. The number of thiophene rings is 1. The van der Waals surface area contributed by atoms with Crippen molar-refractivity contribution in [1.29, 1.82) is 0 Å². The van der Waals surface area contributed by atoms with Crippen LogP contribution in [0.5, 0.6) is 0 Å². The monoisotopic (exact) mass is 419 g/mol. The van der Waals surface area contributed by atoms with Gasteiger partial charge >= 0.3 is 0 Å². The highest BCUT2D eigenvalue weighted by Gasteiger charge is 2.20. The fourth-order valence-electron chi connectivity index (χ4n) is 3.49. The first-order valence-electron chi connectivity index (χ1n) is 9.84. The minimum absolute atomic E-state index is 0.848. The number of hydrogen-bond acceptors (Lipinski definition) is 4. The second-order valence-electron chi connectivity index (χ2n) is 7.21. The van der Waals surface area contributed by atoms with Crippen LogP contribution in [-0.4, -0.2) is 14.8 Å². The normalized spacial score (nSPS) is 11.2. The van der Waals surface area contributed by atoms with Crippen molar-refractivity contribution in [3.63, 3.8) is 0 Å². The van der Waals surface area contributed by atoms with Crippen LogP contribution < -0.4 is 0 Å². The van der Waals surface area contributed by atoms with Crippen LogP contribution in [0.25, 0.3) is 22.5 Å². The van der Waals surface area contributed by atoms with E-state index in [1.165, 1.54) is 38.3 Å². The lowest BCUT2D eigenvalue weighted by atomic mass is 10.0. The quantitative estimate of drug-likeness (QED) is 0.318. The standard InChI is InChI=1S/C24H25N3S2/c1-5-27-23(25-26-24(27)29-14-20-9-7-6-8-17(20)3)21-15-28-18(4)22(21)19-12-10-16(2)11-13-19/h6-13,15H,5,14H2,1-4H3. The zero-order valence-corrected chi connectivity index (χ0v) is 18.9. The van der Waals surface area contributed by atoms with Gasteiger partial charge in [-0.05, 0) is 44.4 Å². The molecule has 0 radical (unpaired) electrons. The van der Waals surface area contributed by atoms with Gasteiger partial charge in [0.15, 0.2) is 11.0 Å². The number of aromatic nitrogens is 3. The van der Waals surface area contributed by atoms with Crippen molar-refractivity contribution in [3.8, 4) is 22.5 Å². The molecule has 2 aromatic heterocycles.